The number of nitrogens with zero attached hydrogens (tertiary/aromatic N) is 2. The second kappa shape index (κ2) is 14.1. The summed E-state index contributed by atoms with van der Waals surface area (Å²) in [5.74, 6) is -0.152. The van der Waals surface area contributed by atoms with Gasteiger partial charge in [-0.05, 0) is 94.0 Å². The van der Waals surface area contributed by atoms with Crippen LogP contribution in [0.25, 0.3) is 0 Å². The van der Waals surface area contributed by atoms with Gasteiger partial charge < -0.3 is 30.5 Å². The minimum atomic E-state index is -0.402. The van der Waals surface area contributed by atoms with Crippen LogP contribution >= 0.6 is 11.6 Å². The lowest BCUT2D eigenvalue weighted by Crippen LogP contribution is -2.54. The zero-order chi connectivity index (χ0) is 27.9. The van der Waals surface area contributed by atoms with E-state index >= 15 is 0 Å². The largest absolute Gasteiger partial charge is 0.341 e. The molecule has 3 N–H and O–H groups in total. The molecule has 8 heteroatoms. The number of fused-ring (bicyclic) bond motifs is 1. The average molecular weight is 566 g/mol. The zero-order valence-electron chi connectivity index (χ0n) is 23.7. The maximum Gasteiger partial charge on any atom is 0.240 e. The number of piperidine rings is 2. The Morgan fingerprint density at radius 1 is 1.02 bits per heavy atom. The highest BCUT2D eigenvalue weighted by Gasteiger charge is 2.32. The highest BCUT2D eigenvalue weighted by Crippen LogP contribution is 2.28. The molecule has 5 rings (SSSR count). The van der Waals surface area contributed by atoms with Crippen LogP contribution in [0.5, 0.6) is 0 Å². The zero-order valence-corrected chi connectivity index (χ0v) is 24.4. The van der Waals surface area contributed by atoms with Gasteiger partial charge in [0, 0.05) is 48.7 Å². The Morgan fingerprint density at radius 3 is 2.40 bits per heavy atom. The summed E-state index contributed by atoms with van der Waals surface area (Å²) < 4.78 is 0. The summed E-state index contributed by atoms with van der Waals surface area (Å²) in [6.45, 7) is 5.11. The number of carbonyl (C=O) groups is 2. The lowest BCUT2D eigenvalue weighted by Gasteiger charge is -2.38. The van der Waals surface area contributed by atoms with Crippen molar-refractivity contribution in [2.45, 2.75) is 62.7 Å². The van der Waals surface area contributed by atoms with Crippen LogP contribution in [0.1, 0.15) is 48.4 Å². The molecule has 0 spiro atoms. The number of halogens is 1. The number of hydrogen-bond acceptors (Lipinski definition) is 6. The van der Waals surface area contributed by atoms with Crippen LogP contribution in [0.2, 0.25) is 5.02 Å². The standard InChI is InChI=1S/C32H44ClN5O2/c1-37-16-11-27(12-17-37)36-28-13-18-38(19-14-28)32(40)30(20-23-6-8-26(33)9-7-23)35-21-25(22-39)31-29-5-3-2-4-24(29)10-15-34-31/h2-9,22,25,27-28,30-31,34-36H,10-21H2,1H3. The van der Waals surface area contributed by atoms with E-state index in [9.17, 15) is 9.59 Å². The Labute approximate surface area is 244 Å². The molecular weight excluding hydrogens is 522 g/mol. The van der Waals surface area contributed by atoms with E-state index in [1.807, 2.05) is 35.2 Å². The van der Waals surface area contributed by atoms with Crippen LogP contribution in [0.4, 0.5) is 0 Å². The van der Waals surface area contributed by atoms with Gasteiger partial charge in [0.25, 0.3) is 0 Å². The lowest BCUT2D eigenvalue weighted by molar-refractivity contribution is -0.134. The number of amides is 1. The maximum absolute atomic E-state index is 13.9. The molecule has 2 aromatic rings. The molecule has 0 aliphatic carbocycles. The first-order valence-electron chi connectivity index (χ1n) is 15.0. The van der Waals surface area contributed by atoms with Gasteiger partial charge in [-0.2, -0.15) is 0 Å². The fraction of sp³-hybridized carbons (Fsp3) is 0.562. The van der Waals surface area contributed by atoms with E-state index in [4.69, 9.17) is 11.6 Å². The number of rotatable bonds is 10. The third-order valence-corrected chi connectivity index (χ3v) is 9.25. The van der Waals surface area contributed by atoms with Crippen LogP contribution in [0.3, 0.4) is 0 Å². The summed E-state index contributed by atoms with van der Waals surface area (Å²) >= 11 is 6.13. The summed E-state index contributed by atoms with van der Waals surface area (Å²) in [6, 6.07) is 16.7. The topological polar surface area (TPSA) is 76.7 Å². The maximum atomic E-state index is 13.9. The number of nitrogens with one attached hydrogen (secondary N) is 3. The molecule has 2 fully saturated rings. The van der Waals surface area contributed by atoms with Crippen molar-refractivity contribution >= 4 is 23.8 Å². The fourth-order valence-electron chi connectivity index (χ4n) is 6.54. The van der Waals surface area contributed by atoms with Crippen molar-refractivity contribution in [3.63, 3.8) is 0 Å². The molecule has 3 aliphatic heterocycles. The van der Waals surface area contributed by atoms with E-state index in [1.54, 1.807) is 0 Å². The molecule has 2 aromatic carbocycles. The SMILES string of the molecule is CN1CCC(NC2CCN(C(=O)C(Cc3ccc(Cl)cc3)NCC(C=O)C3NCCc4ccccc43)CC2)CC1. The average Bonchev–Trinajstić information content (AvgIpc) is 2.99. The van der Waals surface area contributed by atoms with Gasteiger partial charge in [0.2, 0.25) is 5.91 Å². The van der Waals surface area contributed by atoms with Crippen molar-refractivity contribution in [3.05, 3.63) is 70.2 Å². The van der Waals surface area contributed by atoms with E-state index in [-0.39, 0.29) is 17.9 Å². The number of carbonyl (C=O) groups excluding carboxylic acids is 2. The van der Waals surface area contributed by atoms with Gasteiger partial charge in [-0.1, -0.05) is 48.0 Å². The lowest BCUT2D eigenvalue weighted by atomic mass is 9.86. The van der Waals surface area contributed by atoms with Crippen LogP contribution < -0.4 is 16.0 Å². The molecule has 1 amide bonds. The molecule has 0 bridgehead atoms. The summed E-state index contributed by atoms with van der Waals surface area (Å²) in [4.78, 5) is 30.6. The highest BCUT2D eigenvalue weighted by molar-refractivity contribution is 6.30. The molecule has 2 saturated heterocycles. The predicted molar refractivity (Wildman–Crippen MR) is 161 cm³/mol. The number of likely N-dealkylation sites (tertiary alicyclic amines) is 2. The van der Waals surface area contributed by atoms with Crippen molar-refractivity contribution < 1.29 is 9.59 Å². The van der Waals surface area contributed by atoms with Crippen molar-refractivity contribution in [2.24, 2.45) is 5.92 Å². The van der Waals surface area contributed by atoms with Gasteiger partial charge in [-0.3, -0.25) is 4.79 Å². The van der Waals surface area contributed by atoms with Gasteiger partial charge in [0.15, 0.2) is 0 Å². The number of hydrogen-bond donors (Lipinski definition) is 3. The van der Waals surface area contributed by atoms with E-state index in [0.29, 0.717) is 30.1 Å². The third kappa shape index (κ3) is 7.51. The third-order valence-electron chi connectivity index (χ3n) is 9.00. The van der Waals surface area contributed by atoms with Crippen molar-refractivity contribution in [1.29, 1.82) is 0 Å². The molecule has 3 unspecified atom stereocenters. The highest BCUT2D eigenvalue weighted by atomic mass is 35.5. The Morgan fingerprint density at radius 2 is 1.70 bits per heavy atom. The molecule has 7 nitrogen and oxygen atoms in total. The van der Waals surface area contributed by atoms with E-state index < -0.39 is 6.04 Å². The van der Waals surface area contributed by atoms with Gasteiger partial charge in [-0.15, -0.1) is 0 Å². The molecule has 3 atom stereocenters. The van der Waals surface area contributed by atoms with Crippen LogP contribution in [0, 0.1) is 5.92 Å². The first kappa shape index (κ1) is 29.2. The van der Waals surface area contributed by atoms with Gasteiger partial charge >= 0.3 is 0 Å². The molecule has 40 heavy (non-hydrogen) atoms. The molecule has 0 saturated carbocycles. The second-order valence-electron chi connectivity index (χ2n) is 11.8. The molecule has 216 valence electrons. The molecular formula is C32H44ClN5O2. The van der Waals surface area contributed by atoms with Crippen LogP contribution in [-0.4, -0.2) is 86.4 Å². The van der Waals surface area contributed by atoms with E-state index in [0.717, 1.165) is 63.8 Å². The Hall–Kier alpha value is -2.29. The summed E-state index contributed by atoms with van der Waals surface area (Å²) in [5, 5.41) is 11.6. The first-order chi connectivity index (χ1) is 19.5. The molecule has 0 aromatic heterocycles. The van der Waals surface area contributed by atoms with Crippen LogP contribution in [0.15, 0.2) is 48.5 Å². The van der Waals surface area contributed by atoms with Gasteiger partial charge in [0.05, 0.1) is 6.04 Å². The number of benzene rings is 2. The predicted octanol–water partition coefficient (Wildman–Crippen LogP) is 3.22. The van der Waals surface area contributed by atoms with E-state index in [2.05, 4.69) is 46.1 Å². The Bertz CT molecular complexity index is 1110. The molecule has 0 radical (unpaired) electrons. The van der Waals surface area contributed by atoms with Crippen molar-refractivity contribution in [3.8, 4) is 0 Å². The Balaban J connectivity index is 1.22. The van der Waals surface area contributed by atoms with Gasteiger partial charge in [-0.25, -0.2) is 0 Å². The normalized spacial score (nSPS) is 22.4. The van der Waals surface area contributed by atoms with Gasteiger partial charge in [0.1, 0.15) is 6.29 Å². The van der Waals surface area contributed by atoms with E-state index in [1.165, 1.54) is 24.0 Å². The Kier molecular flexibility index (Phi) is 10.3. The fourth-order valence-corrected chi connectivity index (χ4v) is 6.67. The summed E-state index contributed by atoms with van der Waals surface area (Å²) in [6.07, 6.45) is 6.91. The quantitative estimate of drug-likeness (QED) is 0.384. The minimum Gasteiger partial charge on any atom is -0.341 e. The minimum absolute atomic E-state index is 0.0531. The first-order valence-corrected chi connectivity index (χ1v) is 15.4. The summed E-state index contributed by atoms with van der Waals surface area (Å²) in [7, 11) is 2.19. The van der Waals surface area contributed by atoms with Crippen molar-refractivity contribution in [1.82, 2.24) is 25.8 Å². The second-order valence-corrected chi connectivity index (χ2v) is 12.3. The monoisotopic (exact) mass is 565 g/mol. The molecule has 3 heterocycles. The smallest absolute Gasteiger partial charge is 0.240 e. The number of aldehydes is 1. The van der Waals surface area contributed by atoms with Crippen LogP contribution in [-0.2, 0) is 22.4 Å². The summed E-state index contributed by atoms with van der Waals surface area (Å²) in [5.41, 5.74) is 3.54. The van der Waals surface area contributed by atoms with Crippen molar-refractivity contribution in [2.75, 3.05) is 46.3 Å². The molecule has 3 aliphatic rings.